The maximum Gasteiger partial charge on any atom is 0.289 e. The Morgan fingerprint density at radius 3 is 2.41 bits per heavy atom. The van der Waals surface area contributed by atoms with Crippen LogP contribution < -0.4 is 0 Å². The van der Waals surface area contributed by atoms with Crippen LogP contribution in [0.25, 0.3) is 11.0 Å². The van der Waals surface area contributed by atoms with Crippen LogP contribution in [0.3, 0.4) is 0 Å². The van der Waals surface area contributed by atoms with Gasteiger partial charge < -0.3 is 9.32 Å². The van der Waals surface area contributed by atoms with Gasteiger partial charge in [0.15, 0.2) is 17.2 Å². The lowest BCUT2D eigenvalue weighted by Crippen LogP contribution is -2.50. The number of nitrogens with zero attached hydrogens (tertiary/aromatic N) is 2. The topological polar surface area (TPSA) is 70.8 Å². The van der Waals surface area contributed by atoms with Crippen LogP contribution in [0.1, 0.15) is 16.1 Å². The first kappa shape index (κ1) is 20.1. The van der Waals surface area contributed by atoms with Crippen molar-refractivity contribution in [2.45, 2.75) is 11.8 Å². The number of fused-ring (bicyclic) bond motifs is 1. The smallest absolute Gasteiger partial charge is 0.289 e. The number of benzene rings is 2. The highest BCUT2D eigenvalue weighted by atomic mass is 79.9. The van der Waals surface area contributed by atoms with Crippen molar-refractivity contribution in [2.24, 2.45) is 0 Å². The number of piperazine rings is 1. The third kappa shape index (κ3) is 3.47. The number of carbonyl (C=O) groups is 1. The number of furan rings is 1. The highest BCUT2D eigenvalue weighted by Crippen LogP contribution is 2.29. The van der Waals surface area contributed by atoms with E-state index in [0.717, 1.165) is 0 Å². The van der Waals surface area contributed by atoms with E-state index in [0.29, 0.717) is 15.4 Å². The Kier molecular flexibility index (Phi) is 5.22. The van der Waals surface area contributed by atoms with Crippen molar-refractivity contribution in [3.05, 3.63) is 64.1 Å². The van der Waals surface area contributed by atoms with Gasteiger partial charge in [-0.05, 0) is 41.1 Å². The van der Waals surface area contributed by atoms with Gasteiger partial charge in [0.2, 0.25) is 10.0 Å². The van der Waals surface area contributed by atoms with E-state index >= 15 is 0 Å². The van der Waals surface area contributed by atoms with Gasteiger partial charge in [0, 0.05) is 41.6 Å². The van der Waals surface area contributed by atoms with Crippen LogP contribution in [-0.4, -0.2) is 49.7 Å². The Morgan fingerprint density at radius 1 is 1.07 bits per heavy atom. The summed E-state index contributed by atoms with van der Waals surface area (Å²) in [5, 5.41) is 0.559. The van der Waals surface area contributed by atoms with Gasteiger partial charge >= 0.3 is 0 Å². The number of sulfonamides is 1. The van der Waals surface area contributed by atoms with Crippen molar-refractivity contribution in [3.63, 3.8) is 0 Å². The van der Waals surface area contributed by atoms with Gasteiger partial charge in [-0.3, -0.25) is 4.79 Å². The second-order valence-electron chi connectivity index (χ2n) is 6.80. The van der Waals surface area contributed by atoms with Gasteiger partial charge in [-0.25, -0.2) is 12.8 Å². The molecule has 1 fully saturated rings. The first-order valence-electron chi connectivity index (χ1n) is 9.02. The Hall–Kier alpha value is -2.23. The molecule has 0 saturated carbocycles. The van der Waals surface area contributed by atoms with Crippen LogP contribution in [0.2, 0.25) is 0 Å². The molecule has 0 spiro atoms. The minimum atomic E-state index is -3.67. The van der Waals surface area contributed by atoms with Gasteiger partial charge in [-0.15, -0.1) is 0 Å². The van der Waals surface area contributed by atoms with Gasteiger partial charge in [0.25, 0.3) is 5.91 Å². The second kappa shape index (κ2) is 7.55. The third-order valence-electron chi connectivity index (χ3n) is 5.09. The Morgan fingerprint density at radius 2 is 1.76 bits per heavy atom. The number of amides is 1. The van der Waals surface area contributed by atoms with E-state index in [4.69, 9.17) is 4.42 Å². The maximum atomic E-state index is 14.0. The number of hydrogen-bond acceptors (Lipinski definition) is 4. The molecule has 1 aromatic heterocycles. The predicted molar refractivity (Wildman–Crippen MR) is 110 cm³/mol. The molecule has 3 aromatic rings. The molecule has 0 bridgehead atoms. The van der Waals surface area contributed by atoms with Crippen molar-refractivity contribution in [2.75, 3.05) is 26.2 Å². The van der Waals surface area contributed by atoms with Crippen molar-refractivity contribution < 1.29 is 22.0 Å². The van der Waals surface area contributed by atoms with Crippen LogP contribution in [0, 0.1) is 12.7 Å². The summed E-state index contributed by atoms with van der Waals surface area (Å²) in [5.41, 5.74) is 0.635. The molecule has 1 aliphatic heterocycles. The van der Waals surface area contributed by atoms with Gasteiger partial charge in [0.1, 0.15) is 0 Å². The van der Waals surface area contributed by atoms with Crippen LogP contribution in [-0.2, 0) is 10.0 Å². The largest absolute Gasteiger partial charge is 0.448 e. The van der Waals surface area contributed by atoms with E-state index in [1.807, 2.05) is 0 Å². The molecule has 2 heterocycles. The number of halogens is 2. The fourth-order valence-electron chi connectivity index (χ4n) is 3.48. The molecular weight excluding hydrogens is 463 g/mol. The lowest BCUT2D eigenvalue weighted by Gasteiger charge is -2.33. The molecule has 1 aliphatic rings. The lowest BCUT2D eigenvalue weighted by atomic mass is 10.1. The summed E-state index contributed by atoms with van der Waals surface area (Å²) in [7, 11) is -3.67. The average Bonchev–Trinajstić information content (AvgIpc) is 3.06. The molecule has 0 aliphatic carbocycles. The van der Waals surface area contributed by atoms with Crippen LogP contribution in [0.5, 0.6) is 0 Å². The molecule has 0 N–H and O–H groups in total. The molecule has 0 atom stereocenters. The normalized spacial score (nSPS) is 15.8. The monoisotopic (exact) mass is 480 g/mol. The highest BCUT2D eigenvalue weighted by Gasteiger charge is 2.33. The summed E-state index contributed by atoms with van der Waals surface area (Å²) < 4.78 is 47.1. The lowest BCUT2D eigenvalue weighted by molar-refractivity contribution is 0.0667. The Labute approximate surface area is 176 Å². The predicted octanol–water partition coefficient (Wildman–Crippen LogP) is 3.79. The molecule has 1 saturated heterocycles. The van der Waals surface area contributed by atoms with E-state index in [1.165, 1.54) is 15.3 Å². The fourth-order valence-corrected chi connectivity index (χ4v) is 5.87. The van der Waals surface area contributed by atoms with Crippen LogP contribution in [0.15, 0.2) is 56.2 Å². The molecule has 2 aromatic carbocycles. The van der Waals surface area contributed by atoms with E-state index in [-0.39, 0.29) is 48.3 Å². The van der Waals surface area contributed by atoms with Crippen molar-refractivity contribution >= 4 is 42.8 Å². The first-order chi connectivity index (χ1) is 13.8. The minimum absolute atomic E-state index is 0.0588. The number of para-hydroxylation sites is 1. The second-order valence-corrected chi connectivity index (χ2v) is 9.56. The zero-order valence-corrected chi connectivity index (χ0v) is 18.0. The molecule has 152 valence electrons. The summed E-state index contributed by atoms with van der Waals surface area (Å²) in [5.74, 6) is -0.794. The molecule has 9 heteroatoms. The van der Waals surface area contributed by atoms with Crippen LogP contribution in [0.4, 0.5) is 4.39 Å². The quantitative estimate of drug-likeness (QED) is 0.571. The third-order valence-corrected chi connectivity index (χ3v) is 8.00. The molecule has 4 rings (SSSR count). The van der Waals surface area contributed by atoms with Crippen molar-refractivity contribution in [1.82, 2.24) is 9.21 Å². The standard InChI is InChI=1S/C20H18BrFN2O4S/c1-13-14-5-4-7-16(22)19(14)28-18(13)20(25)23-9-11-24(12-10-23)29(26,27)17-8-3-2-6-15(17)21/h2-8H,9-12H2,1H3. The summed E-state index contributed by atoms with van der Waals surface area (Å²) in [6, 6.07) is 11.2. The SMILES string of the molecule is Cc1c(C(=O)N2CCN(S(=O)(=O)c3ccccc3Br)CC2)oc2c(F)cccc12. The Balaban J connectivity index is 1.53. The van der Waals surface area contributed by atoms with E-state index < -0.39 is 15.8 Å². The van der Waals surface area contributed by atoms with E-state index in [9.17, 15) is 17.6 Å². The number of rotatable bonds is 3. The molecule has 29 heavy (non-hydrogen) atoms. The molecule has 0 unspecified atom stereocenters. The van der Waals surface area contributed by atoms with Crippen molar-refractivity contribution in [3.8, 4) is 0 Å². The summed E-state index contributed by atoms with van der Waals surface area (Å²) in [4.78, 5) is 14.7. The van der Waals surface area contributed by atoms with Crippen molar-refractivity contribution in [1.29, 1.82) is 0 Å². The van der Waals surface area contributed by atoms with E-state index in [2.05, 4.69) is 15.9 Å². The zero-order valence-electron chi connectivity index (χ0n) is 15.6. The maximum absolute atomic E-state index is 14.0. The molecule has 1 amide bonds. The summed E-state index contributed by atoms with van der Waals surface area (Å²) in [6.07, 6.45) is 0. The summed E-state index contributed by atoms with van der Waals surface area (Å²) in [6.45, 7) is 2.50. The zero-order chi connectivity index (χ0) is 20.8. The molecular formula is C20H18BrFN2O4S. The van der Waals surface area contributed by atoms with Crippen LogP contribution >= 0.6 is 15.9 Å². The average molecular weight is 481 g/mol. The Bertz CT molecular complexity index is 1200. The van der Waals surface area contributed by atoms with Gasteiger partial charge in [0.05, 0.1) is 4.90 Å². The van der Waals surface area contributed by atoms with Gasteiger partial charge in [-0.1, -0.05) is 24.3 Å². The number of hydrogen-bond donors (Lipinski definition) is 0. The summed E-state index contributed by atoms with van der Waals surface area (Å²) >= 11 is 3.28. The molecule has 0 radical (unpaired) electrons. The highest BCUT2D eigenvalue weighted by molar-refractivity contribution is 9.10. The number of aryl methyl sites for hydroxylation is 1. The molecule has 6 nitrogen and oxygen atoms in total. The van der Waals surface area contributed by atoms with Gasteiger partial charge in [-0.2, -0.15) is 4.31 Å². The minimum Gasteiger partial charge on any atom is -0.448 e. The fraction of sp³-hybridized carbons (Fsp3) is 0.250. The number of carbonyl (C=O) groups excluding carboxylic acids is 1. The van der Waals surface area contributed by atoms with E-state index in [1.54, 1.807) is 43.3 Å². The first-order valence-corrected chi connectivity index (χ1v) is 11.3.